The van der Waals surface area contributed by atoms with E-state index in [0.29, 0.717) is 68.2 Å². The molecule has 4 atom stereocenters. The number of esters is 2. The monoisotopic (exact) mass is 1780 g/mol. The number of rotatable bonds is 33. The molecule has 0 unspecified atom stereocenters. The molecule has 0 saturated heterocycles. The summed E-state index contributed by atoms with van der Waals surface area (Å²) >= 11 is 24.0. The minimum Gasteiger partial charge on any atom is -0.870 e. The van der Waals surface area contributed by atoms with Gasteiger partial charge in [0, 0.05) is 100 Å². The molecule has 0 saturated carbocycles. The van der Waals surface area contributed by atoms with Crippen molar-refractivity contribution in [2.24, 2.45) is 29.0 Å². The van der Waals surface area contributed by atoms with Gasteiger partial charge in [-0.25, -0.2) is 14.4 Å². The smallest absolute Gasteiger partial charge is 0.870 e. The van der Waals surface area contributed by atoms with Crippen LogP contribution in [0.25, 0.3) is 11.1 Å². The number of ketones is 3. The van der Waals surface area contributed by atoms with Gasteiger partial charge in [-0.3, -0.25) is 24.0 Å². The number of nitrogens with zero attached hydrogens (tertiary/aromatic N) is 2. The first kappa shape index (κ1) is 113. The molecule has 6 aromatic carbocycles. The Bertz CT molecular complexity index is 4650. The number of nitriles is 1. The van der Waals surface area contributed by atoms with E-state index in [9.17, 15) is 43.6 Å². The Morgan fingerprint density at radius 1 is 0.569 bits per heavy atom. The number of aliphatic hydroxyl groups is 1. The van der Waals surface area contributed by atoms with Gasteiger partial charge in [0.1, 0.15) is 80.2 Å². The summed E-state index contributed by atoms with van der Waals surface area (Å²) in [5.41, 5.74) is 20.6. The molecular formula is C93H115Cl4N6NaO19. The van der Waals surface area contributed by atoms with Crippen molar-refractivity contribution in [2.45, 2.75) is 170 Å². The molecule has 7 rings (SSSR count). The minimum absolute atomic E-state index is 0. The summed E-state index contributed by atoms with van der Waals surface area (Å²) in [6.07, 6.45) is 11.9. The van der Waals surface area contributed by atoms with Crippen molar-refractivity contribution in [1.29, 1.82) is 5.26 Å². The number of nitrogens with two attached hydrogens (primary N) is 3. The van der Waals surface area contributed by atoms with Crippen LogP contribution in [-0.4, -0.2) is 159 Å². The zero-order chi connectivity index (χ0) is 88.7. The van der Waals surface area contributed by atoms with E-state index in [2.05, 4.69) is 89.8 Å². The van der Waals surface area contributed by atoms with Crippen LogP contribution in [0.5, 0.6) is 34.5 Å². The number of hydrogen-bond donors (Lipinski definition) is 7. The van der Waals surface area contributed by atoms with Crippen LogP contribution >= 0.6 is 46.4 Å². The quantitative estimate of drug-likeness (QED) is 0.00661. The predicted octanol–water partition coefficient (Wildman–Crippen LogP) is 13.3. The van der Waals surface area contributed by atoms with E-state index in [-0.39, 0.29) is 177 Å². The molecule has 6 aromatic rings. The number of aliphatic hydroxyl groups excluding tert-OH is 1. The van der Waals surface area contributed by atoms with E-state index in [4.69, 9.17) is 103 Å². The number of aromatic carboxylic acids is 1. The molecule has 0 aromatic heterocycles. The van der Waals surface area contributed by atoms with Crippen LogP contribution in [-0.2, 0) is 35.1 Å². The minimum atomic E-state index is -1.25. The number of hydrogen-bond acceptors (Lipinski definition) is 22. The third kappa shape index (κ3) is 41.9. The molecule has 4 bridgehead atoms. The number of likely N-dealkylation sites (N-methyl/N-ethyl adjacent to an activating group) is 1. The van der Waals surface area contributed by atoms with Gasteiger partial charge in [0.15, 0.2) is 17.3 Å². The Hall–Kier alpha value is -9.83. The second-order valence-corrected chi connectivity index (χ2v) is 28.4. The Morgan fingerprint density at radius 3 is 1.43 bits per heavy atom. The summed E-state index contributed by atoms with van der Waals surface area (Å²) < 4.78 is 37.7. The molecule has 11 N–H and O–H groups in total. The van der Waals surface area contributed by atoms with Crippen LogP contribution in [0.2, 0.25) is 20.1 Å². The number of aromatic hydroxyl groups is 1. The largest absolute Gasteiger partial charge is 1.00 e. The molecule has 0 radical (unpaired) electrons. The number of carboxylic acid groups (broad SMARTS) is 1. The number of ether oxygens (including phenoxy) is 7. The number of amides is 2. The molecule has 1 heterocycles. The molecule has 0 spiro atoms. The van der Waals surface area contributed by atoms with Gasteiger partial charge < -0.3 is 81.4 Å². The van der Waals surface area contributed by atoms with Gasteiger partial charge in [0.2, 0.25) is 11.8 Å². The van der Waals surface area contributed by atoms with E-state index in [1.54, 1.807) is 73.7 Å². The Morgan fingerprint density at radius 2 is 1.01 bits per heavy atom. The van der Waals surface area contributed by atoms with Crippen molar-refractivity contribution in [1.82, 2.24) is 10.2 Å². The van der Waals surface area contributed by atoms with Crippen LogP contribution in [0.3, 0.4) is 0 Å². The first-order chi connectivity index (χ1) is 57.8. The number of benzene rings is 6. The molecule has 1 aliphatic rings. The van der Waals surface area contributed by atoms with E-state index in [1.807, 2.05) is 12.1 Å². The number of Topliss-reactive ketones (excluding diaryl/α,β-unsaturated/α-hetero) is 3. The summed E-state index contributed by atoms with van der Waals surface area (Å²) in [6.45, 7) is 11.6. The predicted molar refractivity (Wildman–Crippen MR) is 475 cm³/mol. The number of unbranched alkanes of at least 4 members (excludes halogenated alkanes) is 8. The summed E-state index contributed by atoms with van der Waals surface area (Å²) in [4.78, 5) is 105. The number of phenols is 1. The van der Waals surface area contributed by atoms with Crippen LogP contribution < -0.4 is 75.8 Å². The Kier molecular flexibility index (Phi) is 60.5. The first-order valence-electron chi connectivity index (χ1n) is 39.5. The fourth-order valence-electron chi connectivity index (χ4n) is 11.2. The summed E-state index contributed by atoms with van der Waals surface area (Å²) in [5.74, 6) is 19.5. The van der Waals surface area contributed by atoms with Crippen LogP contribution in [0, 0.1) is 70.5 Å². The maximum Gasteiger partial charge on any atom is 1.00 e. The van der Waals surface area contributed by atoms with Gasteiger partial charge in [-0.1, -0.05) is 168 Å². The number of phenolic OH excluding ortho intramolecular Hbond substituents is 1. The van der Waals surface area contributed by atoms with Gasteiger partial charge >= 0.3 is 47.5 Å². The molecule has 123 heavy (non-hydrogen) atoms. The molecule has 25 nitrogen and oxygen atoms in total. The normalized spacial score (nSPS) is 12.8. The average Bonchev–Trinajstić information content (AvgIpc) is 0.775. The van der Waals surface area contributed by atoms with E-state index >= 15 is 0 Å². The molecule has 0 fully saturated rings. The van der Waals surface area contributed by atoms with E-state index in [1.165, 1.54) is 69.0 Å². The number of nitrogens with one attached hydrogen (secondary N) is 1. The average molecular weight is 1790 g/mol. The van der Waals surface area contributed by atoms with Gasteiger partial charge in [-0.15, -0.1) is 5.92 Å². The third-order valence-corrected chi connectivity index (χ3v) is 18.8. The number of carbonyl (C=O) groups is 8. The molecule has 30 heteroatoms. The standard InChI is InChI=1S/C48H59ClN6O8.C15H17ClO3.C14H15ClO3.C8H7ClO3.C7H12O.CH4.Na.H2O/c1-4-5-6-7-8-22-61-35-13-14-36(39(49)30-35)42(57)29-34(17-19-51)48(60)55(3)46-33-12-16-45(63-24-21-53)38(28-33)37-26-32(11-15-44(37)62-23-20-52)27-40(41(56)10-9-18-50)54-47(59)31(2)25-43(46)58;1-3-4-5-6-7-10-19-12-8-9-13(14(16)11-12)15(17)18-2;1-2-3-4-5-6-9-18-11-7-8-12(14(16)17)13(15)10-11;1-12-8(11)6-3-2-5(10)4-7(6)9;1-2-3-4-5-6-7-8;;;/h11-16,26,28,30-31,34,40,46H,4-6,9-10,17,19-25,27,29,51-53H2,1-3H3,(H,54,59);8-9,11H,3-5,10H2,1-2H3;7-8,10H,2-4,9H2,1H3,(H,16,17);2-4,10H,1H3;8H,2-4,7H2,1H3;1H4;;1H2/q;;;;;;+1;/p-1/t31-,34-,40+,46+;;;;;;;/m1......./s1. The van der Waals surface area contributed by atoms with Crippen molar-refractivity contribution < 1.29 is 122 Å². The van der Waals surface area contributed by atoms with Crippen molar-refractivity contribution in [3.05, 3.63) is 163 Å². The van der Waals surface area contributed by atoms with Crippen molar-refractivity contribution in [3.8, 4) is 99.1 Å². The van der Waals surface area contributed by atoms with E-state index < -0.39 is 65.2 Å². The van der Waals surface area contributed by atoms with Crippen molar-refractivity contribution in [2.75, 3.05) is 80.5 Å². The second-order valence-electron chi connectivity index (χ2n) is 26.8. The number of fused-ring (bicyclic) bond motifs is 5. The van der Waals surface area contributed by atoms with Gasteiger partial charge in [0.05, 0.1) is 63.1 Å². The summed E-state index contributed by atoms with van der Waals surface area (Å²) in [7, 11) is 4.07. The number of methoxy groups -OCH3 is 2. The molecule has 2 amide bonds. The summed E-state index contributed by atoms with van der Waals surface area (Å²) in [5, 5.41) is 38.8. The third-order valence-electron chi connectivity index (χ3n) is 17.6. The topological polar surface area (TPSA) is 409 Å². The number of halogens is 4. The van der Waals surface area contributed by atoms with Crippen LogP contribution in [0.4, 0.5) is 0 Å². The SMILES string of the molecule is C.CCCCC#CCO.CCCCC#CCOc1ccc(C(=O)C[C@@H](CCN)C(=O)N(C)[C@@H]2C(=O)C[C@@H](C)C(=O)N[C@H](C(=O)CCC#N)Cc3ccc(OCCN)c(c3)-c3cc2ccc3OCCN)c(Cl)c1.CCCCC#CCOc1ccc(C(=O)O)c(Cl)c1.CCCCC#CCOc1ccc(C(=O)OC)c(Cl)c1.COC(=O)c1ccc(O)cc1Cl.[Na+].[OH-]. The van der Waals surface area contributed by atoms with Crippen molar-refractivity contribution in [3.63, 3.8) is 0 Å². The zero-order valence-electron chi connectivity index (χ0n) is 70.8. The first-order valence-corrected chi connectivity index (χ1v) is 41.0. The van der Waals surface area contributed by atoms with E-state index in [0.717, 1.165) is 70.6 Å². The van der Waals surface area contributed by atoms with Crippen LogP contribution in [0.15, 0.2) is 109 Å². The molecule has 1 aliphatic heterocycles. The number of carboxylic acids is 1. The molecule has 660 valence electrons. The van der Waals surface area contributed by atoms with Gasteiger partial charge in [0.25, 0.3) is 0 Å². The molecular weight excluding hydrogens is 1670 g/mol. The second kappa shape index (κ2) is 65.8. The fourth-order valence-corrected chi connectivity index (χ4v) is 12.2. The maximum absolute atomic E-state index is 14.6. The zero-order valence-corrected chi connectivity index (χ0v) is 75.9. The van der Waals surface area contributed by atoms with Crippen molar-refractivity contribution >= 4 is 93.5 Å². The van der Waals surface area contributed by atoms with Gasteiger partial charge in [-0.05, 0) is 153 Å². The Balaban J connectivity index is 0.00000198. The fraction of sp³-hybridized carbons (Fsp3) is 0.430. The van der Waals surface area contributed by atoms with Gasteiger partial charge in [-0.2, -0.15) is 5.26 Å². The summed E-state index contributed by atoms with van der Waals surface area (Å²) in [6, 6.07) is 28.2. The maximum atomic E-state index is 14.6. The number of carbonyl (C=O) groups excluding carboxylic acids is 7. The van der Waals surface area contributed by atoms with Crippen LogP contribution in [0.1, 0.15) is 210 Å². The molecule has 0 aliphatic carbocycles. The Labute approximate surface area is 766 Å².